The molecule has 0 spiro atoms. The molecule has 0 saturated carbocycles. The first kappa shape index (κ1) is 14.1. The number of benzene rings is 1. The highest BCUT2D eigenvalue weighted by Crippen LogP contribution is 2.37. The Bertz CT molecular complexity index is 609. The summed E-state index contributed by atoms with van der Waals surface area (Å²) in [5.74, 6) is 1.15. The highest BCUT2D eigenvalue weighted by molar-refractivity contribution is 5.55. The van der Waals surface area contributed by atoms with Gasteiger partial charge in [0.1, 0.15) is 5.82 Å². The van der Waals surface area contributed by atoms with E-state index in [1.54, 1.807) is 0 Å². The molecule has 21 heavy (non-hydrogen) atoms. The number of aromatic nitrogens is 1. The molecule has 2 heterocycles. The molecule has 0 aliphatic carbocycles. The second-order valence-electron chi connectivity index (χ2n) is 5.58. The lowest BCUT2D eigenvalue weighted by Gasteiger charge is -2.32. The molecule has 1 aliphatic heterocycles. The van der Waals surface area contributed by atoms with Gasteiger partial charge in [0.25, 0.3) is 0 Å². The Morgan fingerprint density at radius 3 is 2.81 bits per heavy atom. The second kappa shape index (κ2) is 6.27. The quantitative estimate of drug-likeness (QED) is 0.933. The van der Waals surface area contributed by atoms with E-state index in [0.717, 1.165) is 31.7 Å². The van der Waals surface area contributed by atoms with Gasteiger partial charge in [0.2, 0.25) is 0 Å². The van der Waals surface area contributed by atoms with Crippen LogP contribution in [0.25, 0.3) is 0 Å². The fraction of sp³-hybridized carbons (Fsp3) is 0.389. The Kier molecular flexibility index (Phi) is 4.20. The summed E-state index contributed by atoms with van der Waals surface area (Å²) in [7, 11) is 2.01. The largest absolute Gasteiger partial charge is 0.348 e. The van der Waals surface area contributed by atoms with Crippen LogP contribution in [-0.4, -0.2) is 25.1 Å². The number of hydrogen-bond acceptors (Lipinski definition) is 3. The first-order valence-corrected chi connectivity index (χ1v) is 7.78. The molecule has 1 aliphatic rings. The topological polar surface area (TPSA) is 28.2 Å². The van der Waals surface area contributed by atoms with Gasteiger partial charge in [-0.15, -0.1) is 0 Å². The number of likely N-dealkylation sites (N-methyl/N-ethyl adjacent to an activating group) is 1. The number of pyridine rings is 1. The van der Waals surface area contributed by atoms with Crippen molar-refractivity contribution in [2.24, 2.45) is 0 Å². The summed E-state index contributed by atoms with van der Waals surface area (Å²) in [5, 5.41) is 3.27. The van der Waals surface area contributed by atoms with E-state index in [1.807, 2.05) is 19.3 Å². The zero-order chi connectivity index (χ0) is 14.7. The van der Waals surface area contributed by atoms with E-state index in [0.29, 0.717) is 6.04 Å². The van der Waals surface area contributed by atoms with Gasteiger partial charge in [0, 0.05) is 25.7 Å². The monoisotopic (exact) mass is 281 g/mol. The molecule has 1 atom stereocenters. The van der Waals surface area contributed by atoms with Crippen LogP contribution in [0.15, 0.2) is 42.6 Å². The van der Waals surface area contributed by atoms with Gasteiger partial charge in [0.15, 0.2) is 0 Å². The molecule has 0 saturated heterocycles. The molecule has 3 heteroatoms. The molecule has 110 valence electrons. The summed E-state index contributed by atoms with van der Waals surface area (Å²) in [5.41, 5.74) is 4.22. The van der Waals surface area contributed by atoms with Crippen molar-refractivity contribution < 1.29 is 0 Å². The minimum absolute atomic E-state index is 0.408. The maximum atomic E-state index is 4.69. The van der Waals surface area contributed by atoms with Crippen LogP contribution in [0.3, 0.4) is 0 Å². The van der Waals surface area contributed by atoms with Crippen molar-refractivity contribution >= 4 is 5.82 Å². The second-order valence-corrected chi connectivity index (χ2v) is 5.58. The molecule has 0 radical (unpaired) electrons. The molecule has 1 unspecified atom stereocenters. The van der Waals surface area contributed by atoms with Crippen LogP contribution < -0.4 is 10.2 Å². The summed E-state index contributed by atoms with van der Waals surface area (Å²) in [6.45, 7) is 4.21. The van der Waals surface area contributed by atoms with E-state index in [4.69, 9.17) is 4.98 Å². The lowest BCUT2D eigenvalue weighted by Crippen LogP contribution is -2.34. The molecular formula is C18H23N3. The minimum atomic E-state index is 0.408. The number of fused-ring (bicyclic) bond motifs is 2. The Morgan fingerprint density at radius 2 is 2.00 bits per heavy atom. The van der Waals surface area contributed by atoms with Crippen molar-refractivity contribution in [3.05, 3.63) is 59.3 Å². The van der Waals surface area contributed by atoms with Gasteiger partial charge < -0.3 is 10.2 Å². The number of rotatable bonds is 4. The molecule has 2 aromatic rings. The van der Waals surface area contributed by atoms with E-state index in [2.05, 4.69) is 47.5 Å². The molecule has 0 fully saturated rings. The Hall–Kier alpha value is -1.87. The van der Waals surface area contributed by atoms with Gasteiger partial charge >= 0.3 is 0 Å². The standard InChI is InChI=1S/C18H23N3/c1-3-17-16-9-5-4-7-14(16)13-15-8-6-10-20-18(15)21(17)12-11-19-2/h4-10,17,19H,3,11-13H2,1-2H3. The fourth-order valence-corrected chi connectivity index (χ4v) is 3.30. The third-order valence-electron chi connectivity index (χ3n) is 4.30. The van der Waals surface area contributed by atoms with E-state index < -0.39 is 0 Å². The smallest absolute Gasteiger partial charge is 0.132 e. The zero-order valence-corrected chi connectivity index (χ0v) is 12.8. The van der Waals surface area contributed by atoms with Crippen LogP contribution in [0, 0.1) is 0 Å². The third-order valence-corrected chi connectivity index (χ3v) is 4.30. The number of nitrogens with zero attached hydrogens (tertiary/aromatic N) is 2. The molecule has 1 aromatic heterocycles. The molecular weight excluding hydrogens is 258 g/mol. The van der Waals surface area contributed by atoms with Crippen LogP contribution in [-0.2, 0) is 6.42 Å². The lowest BCUT2D eigenvalue weighted by molar-refractivity contribution is 0.584. The Labute approximate surface area is 127 Å². The highest BCUT2D eigenvalue weighted by atomic mass is 15.2. The molecule has 3 rings (SSSR count). The maximum absolute atomic E-state index is 4.69. The van der Waals surface area contributed by atoms with Gasteiger partial charge in [-0.05, 0) is 36.2 Å². The first-order valence-electron chi connectivity index (χ1n) is 7.78. The fourth-order valence-electron chi connectivity index (χ4n) is 3.30. The first-order chi connectivity index (χ1) is 10.3. The summed E-state index contributed by atoms with van der Waals surface area (Å²) < 4.78 is 0. The minimum Gasteiger partial charge on any atom is -0.348 e. The zero-order valence-electron chi connectivity index (χ0n) is 12.8. The van der Waals surface area contributed by atoms with Crippen molar-refractivity contribution in [2.45, 2.75) is 25.8 Å². The van der Waals surface area contributed by atoms with Gasteiger partial charge in [-0.3, -0.25) is 0 Å². The summed E-state index contributed by atoms with van der Waals surface area (Å²) in [6, 6.07) is 13.5. The molecule has 0 amide bonds. The maximum Gasteiger partial charge on any atom is 0.132 e. The van der Waals surface area contributed by atoms with Crippen LogP contribution >= 0.6 is 0 Å². The average molecular weight is 281 g/mol. The molecule has 3 nitrogen and oxygen atoms in total. The molecule has 1 N–H and O–H groups in total. The lowest BCUT2D eigenvalue weighted by atomic mass is 9.96. The van der Waals surface area contributed by atoms with Gasteiger partial charge in [0.05, 0.1) is 6.04 Å². The van der Waals surface area contributed by atoms with Crippen molar-refractivity contribution in [3.8, 4) is 0 Å². The number of anilines is 1. The summed E-state index contributed by atoms with van der Waals surface area (Å²) >= 11 is 0. The average Bonchev–Trinajstić information content (AvgIpc) is 2.66. The number of hydrogen-bond donors (Lipinski definition) is 1. The normalized spacial score (nSPS) is 17.0. The Balaban J connectivity index is 2.11. The third kappa shape index (κ3) is 2.66. The Morgan fingerprint density at radius 1 is 1.19 bits per heavy atom. The van der Waals surface area contributed by atoms with Crippen molar-refractivity contribution in [1.82, 2.24) is 10.3 Å². The predicted octanol–water partition coefficient (Wildman–Crippen LogP) is 3.16. The van der Waals surface area contributed by atoms with Crippen molar-refractivity contribution in [1.29, 1.82) is 0 Å². The van der Waals surface area contributed by atoms with Crippen LogP contribution in [0.1, 0.15) is 36.1 Å². The number of nitrogens with one attached hydrogen (secondary N) is 1. The van der Waals surface area contributed by atoms with Gasteiger partial charge in [-0.1, -0.05) is 37.3 Å². The van der Waals surface area contributed by atoms with Crippen LogP contribution in [0.5, 0.6) is 0 Å². The summed E-state index contributed by atoms with van der Waals surface area (Å²) in [6.07, 6.45) is 3.98. The van der Waals surface area contributed by atoms with Gasteiger partial charge in [-0.25, -0.2) is 4.98 Å². The van der Waals surface area contributed by atoms with Crippen molar-refractivity contribution in [2.75, 3.05) is 25.0 Å². The van der Waals surface area contributed by atoms with E-state index in [1.165, 1.54) is 16.7 Å². The van der Waals surface area contributed by atoms with E-state index in [9.17, 15) is 0 Å². The van der Waals surface area contributed by atoms with E-state index in [-0.39, 0.29) is 0 Å². The molecule has 0 bridgehead atoms. The van der Waals surface area contributed by atoms with Crippen LogP contribution in [0.4, 0.5) is 5.82 Å². The molecule has 1 aromatic carbocycles. The van der Waals surface area contributed by atoms with E-state index >= 15 is 0 Å². The highest BCUT2D eigenvalue weighted by Gasteiger charge is 2.27. The van der Waals surface area contributed by atoms with Crippen LogP contribution in [0.2, 0.25) is 0 Å². The van der Waals surface area contributed by atoms with Gasteiger partial charge in [-0.2, -0.15) is 0 Å². The van der Waals surface area contributed by atoms with Crippen molar-refractivity contribution in [3.63, 3.8) is 0 Å². The SMILES string of the molecule is CCC1c2ccccc2Cc2cccnc2N1CCNC. The predicted molar refractivity (Wildman–Crippen MR) is 87.8 cm³/mol. The summed E-state index contributed by atoms with van der Waals surface area (Å²) in [4.78, 5) is 7.16.